The number of hydrogen-bond donors (Lipinski definition) is 3. The summed E-state index contributed by atoms with van der Waals surface area (Å²) in [5.74, 6) is 0.876. The minimum atomic E-state index is -0.472. The Hall–Kier alpha value is -2.68. The summed E-state index contributed by atoms with van der Waals surface area (Å²) in [6.45, 7) is 5.77. The molecule has 2 rings (SSSR count). The maximum atomic E-state index is 12.0. The van der Waals surface area contributed by atoms with E-state index in [1.54, 1.807) is 12.1 Å². The van der Waals surface area contributed by atoms with Gasteiger partial charge in [-0.3, -0.25) is 10.1 Å². The highest BCUT2D eigenvalue weighted by atomic mass is 16.4. The van der Waals surface area contributed by atoms with Gasteiger partial charge in [0, 0.05) is 6.54 Å². The molecule has 0 spiro atoms. The quantitative estimate of drug-likeness (QED) is 0.602. The van der Waals surface area contributed by atoms with Crippen LogP contribution < -0.4 is 15.5 Å². The molecule has 0 aliphatic carbocycles. The second-order valence-corrected chi connectivity index (χ2v) is 5.64. The van der Waals surface area contributed by atoms with E-state index in [1.807, 2.05) is 13.8 Å². The number of carbonyl (C=O) groups excluding carboxylic acids is 2. The summed E-state index contributed by atoms with van der Waals surface area (Å²) in [6.07, 6.45) is 3.22. The Labute approximate surface area is 145 Å². The lowest BCUT2D eigenvalue weighted by atomic mass is 10.3. The van der Waals surface area contributed by atoms with Crippen molar-refractivity contribution in [3.8, 4) is 11.7 Å². The van der Waals surface area contributed by atoms with E-state index in [-0.39, 0.29) is 12.5 Å². The third-order valence-electron chi connectivity index (χ3n) is 3.40. The molecule has 25 heavy (non-hydrogen) atoms. The molecule has 0 aliphatic rings. The minimum absolute atomic E-state index is 0.145. The van der Waals surface area contributed by atoms with Gasteiger partial charge in [-0.2, -0.15) is 0 Å². The fourth-order valence-electron chi connectivity index (χ4n) is 2.31. The van der Waals surface area contributed by atoms with Gasteiger partial charge in [0.2, 0.25) is 0 Å². The first-order valence-electron chi connectivity index (χ1n) is 8.39. The Morgan fingerprint density at radius 1 is 1.24 bits per heavy atom. The number of rotatable bonds is 9. The van der Waals surface area contributed by atoms with Crippen molar-refractivity contribution in [1.82, 2.24) is 20.8 Å². The standard InChI is InChI=1S/C16H23N5O4/c1-3-7-17-16(23)18-13(22)10-21(8-4-2)11-14-19-20-15(25-14)12-6-5-9-24-12/h5-6,9H,3-4,7-8,10-11H2,1-2H3,(H2,17,18,22,23)/p+1. The zero-order valence-corrected chi connectivity index (χ0v) is 14.5. The minimum Gasteiger partial charge on any atom is -0.459 e. The molecule has 0 fully saturated rings. The first-order chi connectivity index (χ1) is 12.1. The Balaban J connectivity index is 1.89. The van der Waals surface area contributed by atoms with Gasteiger partial charge in [0.1, 0.15) is 0 Å². The fraction of sp³-hybridized carbons (Fsp3) is 0.500. The van der Waals surface area contributed by atoms with Crippen molar-refractivity contribution >= 4 is 11.9 Å². The van der Waals surface area contributed by atoms with Crippen LogP contribution in [0.1, 0.15) is 32.6 Å². The van der Waals surface area contributed by atoms with E-state index in [1.165, 1.54) is 6.26 Å². The van der Waals surface area contributed by atoms with E-state index in [9.17, 15) is 9.59 Å². The number of carbonyl (C=O) groups is 2. The number of furan rings is 1. The molecule has 1 unspecified atom stereocenters. The Morgan fingerprint density at radius 3 is 2.76 bits per heavy atom. The first-order valence-corrected chi connectivity index (χ1v) is 8.39. The van der Waals surface area contributed by atoms with Gasteiger partial charge >= 0.3 is 6.03 Å². The lowest BCUT2D eigenvalue weighted by molar-refractivity contribution is -0.907. The Bertz CT molecular complexity index is 668. The second kappa shape index (κ2) is 9.58. The Kier molecular flexibility index (Phi) is 7.15. The van der Waals surface area contributed by atoms with Crippen molar-refractivity contribution in [2.75, 3.05) is 19.6 Å². The molecule has 2 aromatic heterocycles. The largest absolute Gasteiger partial charge is 0.459 e. The second-order valence-electron chi connectivity index (χ2n) is 5.64. The van der Waals surface area contributed by atoms with Crippen molar-refractivity contribution in [3.05, 3.63) is 24.3 Å². The summed E-state index contributed by atoms with van der Waals surface area (Å²) in [6, 6.07) is 3.00. The smallest absolute Gasteiger partial charge is 0.321 e. The highest BCUT2D eigenvalue weighted by Gasteiger charge is 2.20. The highest BCUT2D eigenvalue weighted by molar-refractivity contribution is 5.94. The van der Waals surface area contributed by atoms with Gasteiger partial charge in [0.25, 0.3) is 17.7 Å². The van der Waals surface area contributed by atoms with E-state index in [0.717, 1.165) is 24.3 Å². The predicted octanol–water partition coefficient (Wildman–Crippen LogP) is 0.360. The van der Waals surface area contributed by atoms with Gasteiger partial charge in [-0.05, 0) is 25.0 Å². The molecule has 0 saturated heterocycles. The topological polar surface area (TPSA) is 115 Å². The fourth-order valence-corrected chi connectivity index (χ4v) is 2.31. The van der Waals surface area contributed by atoms with E-state index in [2.05, 4.69) is 20.8 Å². The van der Waals surface area contributed by atoms with Gasteiger partial charge in [-0.25, -0.2) is 4.79 Å². The molecule has 0 saturated carbocycles. The molecule has 136 valence electrons. The predicted molar refractivity (Wildman–Crippen MR) is 88.5 cm³/mol. The van der Waals surface area contributed by atoms with E-state index >= 15 is 0 Å². The molecule has 0 aromatic carbocycles. The summed E-state index contributed by atoms with van der Waals surface area (Å²) >= 11 is 0. The molecule has 1 atom stereocenters. The summed E-state index contributed by atoms with van der Waals surface area (Å²) in [7, 11) is 0. The third-order valence-corrected chi connectivity index (χ3v) is 3.40. The van der Waals surface area contributed by atoms with Gasteiger partial charge in [-0.1, -0.05) is 13.8 Å². The summed E-state index contributed by atoms with van der Waals surface area (Å²) in [4.78, 5) is 24.5. The third kappa shape index (κ3) is 6.03. The highest BCUT2D eigenvalue weighted by Crippen LogP contribution is 2.17. The Morgan fingerprint density at radius 2 is 2.08 bits per heavy atom. The monoisotopic (exact) mass is 350 g/mol. The zero-order valence-electron chi connectivity index (χ0n) is 14.5. The number of imide groups is 1. The van der Waals surface area contributed by atoms with Gasteiger partial charge in [0.15, 0.2) is 18.8 Å². The van der Waals surface area contributed by atoms with Crippen molar-refractivity contribution in [2.24, 2.45) is 0 Å². The van der Waals surface area contributed by atoms with Crippen LogP contribution in [0.3, 0.4) is 0 Å². The number of amides is 3. The van der Waals surface area contributed by atoms with Crippen LogP contribution in [-0.2, 0) is 11.3 Å². The molecule has 9 heteroatoms. The first kappa shape index (κ1) is 18.7. The molecule has 0 bridgehead atoms. The number of urea groups is 1. The van der Waals surface area contributed by atoms with Crippen molar-refractivity contribution in [3.63, 3.8) is 0 Å². The molecule has 3 amide bonds. The summed E-state index contributed by atoms with van der Waals surface area (Å²) in [5, 5.41) is 12.9. The molecule has 2 aromatic rings. The summed E-state index contributed by atoms with van der Waals surface area (Å²) in [5.41, 5.74) is 0. The van der Waals surface area contributed by atoms with Crippen molar-refractivity contribution < 1.29 is 23.3 Å². The van der Waals surface area contributed by atoms with Crippen LogP contribution in [0.4, 0.5) is 4.79 Å². The molecule has 0 radical (unpaired) electrons. The molecule has 9 nitrogen and oxygen atoms in total. The van der Waals surface area contributed by atoms with Crippen molar-refractivity contribution in [1.29, 1.82) is 0 Å². The maximum absolute atomic E-state index is 12.0. The van der Waals surface area contributed by atoms with Crippen LogP contribution in [-0.4, -0.2) is 41.8 Å². The normalized spacial score (nSPS) is 11.9. The SMILES string of the molecule is CCCNC(=O)NC(=O)C[NH+](CCC)Cc1nnc(-c2ccco2)o1. The average Bonchev–Trinajstić information content (AvgIpc) is 3.24. The number of aromatic nitrogens is 2. The van der Waals surface area contributed by atoms with Crippen LogP contribution in [0.15, 0.2) is 27.2 Å². The number of nitrogens with one attached hydrogen (secondary N) is 3. The lowest BCUT2D eigenvalue weighted by Crippen LogP contribution is -3.12. The van der Waals surface area contributed by atoms with Gasteiger partial charge in [0.05, 0.1) is 12.8 Å². The molecule has 0 aliphatic heterocycles. The van der Waals surface area contributed by atoms with E-state index in [4.69, 9.17) is 8.83 Å². The van der Waals surface area contributed by atoms with E-state index < -0.39 is 6.03 Å². The average molecular weight is 350 g/mol. The number of hydrogen-bond acceptors (Lipinski definition) is 6. The molecular formula is C16H24N5O4+. The van der Waals surface area contributed by atoms with Crippen LogP contribution >= 0.6 is 0 Å². The molecule has 3 N–H and O–H groups in total. The van der Waals surface area contributed by atoms with Crippen LogP contribution in [0, 0.1) is 0 Å². The van der Waals surface area contributed by atoms with Crippen LogP contribution in [0.25, 0.3) is 11.7 Å². The number of nitrogens with zero attached hydrogens (tertiary/aromatic N) is 2. The molecule has 2 heterocycles. The zero-order chi connectivity index (χ0) is 18.1. The van der Waals surface area contributed by atoms with Gasteiger partial charge < -0.3 is 19.1 Å². The van der Waals surface area contributed by atoms with Gasteiger partial charge in [-0.15, -0.1) is 10.2 Å². The lowest BCUT2D eigenvalue weighted by Gasteiger charge is -2.16. The van der Waals surface area contributed by atoms with Crippen molar-refractivity contribution in [2.45, 2.75) is 33.2 Å². The van der Waals surface area contributed by atoms with Crippen LogP contribution in [0.5, 0.6) is 0 Å². The molecular weight excluding hydrogens is 326 g/mol. The van der Waals surface area contributed by atoms with E-state index in [0.29, 0.717) is 30.6 Å². The maximum Gasteiger partial charge on any atom is 0.321 e. The summed E-state index contributed by atoms with van der Waals surface area (Å²) < 4.78 is 10.8. The number of quaternary nitrogens is 1. The van der Waals surface area contributed by atoms with Crippen LogP contribution in [0.2, 0.25) is 0 Å².